The van der Waals surface area contributed by atoms with Gasteiger partial charge in [-0.25, -0.2) is 0 Å². The first kappa shape index (κ1) is 10.2. The lowest BCUT2D eigenvalue weighted by atomic mass is 10.1. The molecule has 74 valence electrons. The van der Waals surface area contributed by atoms with E-state index in [0.29, 0.717) is 5.92 Å². The van der Waals surface area contributed by atoms with Crippen LogP contribution in [0.1, 0.15) is 40.5 Å². The molecule has 0 saturated carbocycles. The van der Waals surface area contributed by atoms with Crippen molar-refractivity contribution in [3.63, 3.8) is 0 Å². The summed E-state index contributed by atoms with van der Waals surface area (Å²) in [4.78, 5) is 0. The third kappa shape index (κ3) is 2.51. The largest absolute Gasteiger partial charge is 0.466 e. The van der Waals surface area contributed by atoms with Crippen LogP contribution in [0, 0.1) is 5.92 Å². The molecule has 0 fully saturated rings. The van der Waals surface area contributed by atoms with Crippen molar-refractivity contribution >= 4 is 0 Å². The summed E-state index contributed by atoms with van der Waals surface area (Å²) in [5, 5.41) is 3.37. The zero-order chi connectivity index (χ0) is 9.84. The van der Waals surface area contributed by atoms with E-state index in [-0.39, 0.29) is 0 Å². The molecule has 0 aromatic carbocycles. The standard InChI is InChI=1S/C11H19NO/c1-5-6-11-9(4)12-10(7-13-11)8(2)3/h7-8,12H,5-6H2,1-4H3. The van der Waals surface area contributed by atoms with Gasteiger partial charge in [0.1, 0.15) is 12.0 Å². The van der Waals surface area contributed by atoms with Crippen molar-refractivity contribution in [3.8, 4) is 0 Å². The molecule has 0 aromatic rings. The number of ether oxygens (including phenoxy) is 1. The molecule has 0 aromatic heterocycles. The van der Waals surface area contributed by atoms with Gasteiger partial charge in [-0.3, -0.25) is 0 Å². The minimum atomic E-state index is 0.498. The number of rotatable bonds is 3. The van der Waals surface area contributed by atoms with Gasteiger partial charge in [-0.1, -0.05) is 20.8 Å². The molecule has 0 amide bonds. The van der Waals surface area contributed by atoms with Crippen LogP contribution in [0.4, 0.5) is 0 Å². The van der Waals surface area contributed by atoms with Crippen LogP contribution in [-0.2, 0) is 4.74 Å². The number of allylic oxidation sites excluding steroid dienone is 3. The van der Waals surface area contributed by atoms with Gasteiger partial charge in [0.15, 0.2) is 0 Å². The predicted octanol–water partition coefficient (Wildman–Crippen LogP) is 3.14. The Kier molecular flexibility index (Phi) is 3.40. The van der Waals surface area contributed by atoms with Crippen LogP contribution in [0.25, 0.3) is 0 Å². The molecule has 0 bridgehead atoms. The van der Waals surface area contributed by atoms with Crippen LogP contribution < -0.4 is 5.32 Å². The summed E-state index contributed by atoms with van der Waals surface area (Å²) in [6, 6.07) is 0. The fourth-order valence-electron chi connectivity index (χ4n) is 1.29. The molecule has 13 heavy (non-hydrogen) atoms. The van der Waals surface area contributed by atoms with Gasteiger partial charge in [-0.05, 0) is 19.3 Å². The zero-order valence-electron chi connectivity index (χ0n) is 8.98. The van der Waals surface area contributed by atoms with Crippen LogP contribution in [0.15, 0.2) is 23.4 Å². The quantitative estimate of drug-likeness (QED) is 0.722. The molecular formula is C11H19NO. The molecule has 0 atom stereocenters. The van der Waals surface area contributed by atoms with Gasteiger partial charge in [0.2, 0.25) is 0 Å². The number of nitrogens with one attached hydrogen (secondary N) is 1. The Labute approximate surface area is 80.7 Å². The number of hydrogen-bond acceptors (Lipinski definition) is 2. The summed E-state index contributed by atoms with van der Waals surface area (Å²) >= 11 is 0. The molecule has 1 aliphatic rings. The minimum Gasteiger partial charge on any atom is -0.466 e. The smallest absolute Gasteiger partial charge is 0.122 e. The summed E-state index contributed by atoms with van der Waals surface area (Å²) in [6.07, 6.45) is 3.97. The molecular weight excluding hydrogens is 162 g/mol. The van der Waals surface area contributed by atoms with E-state index in [2.05, 4.69) is 33.0 Å². The molecule has 1 N–H and O–H groups in total. The lowest BCUT2D eigenvalue weighted by molar-refractivity contribution is 0.300. The van der Waals surface area contributed by atoms with Gasteiger partial charge < -0.3 is 10.1 Å². The first-order valence-corrected chi connectivity index (χ1v) is 4.98. The van der Waals surface area contributed by atoms with Crippen molar-refractivity contribution in [2.75, 3.05) is 0 Å². The molecule has 0 aliphatic carbocycles. The molecule has 0 spiro atoms. The van der Waals surface area contributed by atoms with E-state index < -0.39 is 0 Å². The molecule has 1 rings (SSSR count). The highest BCUT2D eigenvalue weighted by atomic mass is 16.5. The zero-order valence-corrected chi connectivity index (χ0v) is 8.98. The summed E-state index contributed by atoms with van der Waals surface area (Å²) < 4.78 is 5.56. The first-order chi connectivity index (χ1) is 6.15. The van der Waals surface area contributed by atoms with Gasteiger partial charge >= 0.3 is 0 Å². The summed E-state index contributed by atoms with van der Waals surface area (Å²) in [5.41, 5.74) is 2.32. The van der Waals surface area contributed by atoms with Crippen LogP contribution in [-0.4, -0.2) is 0 Å². The maximum absolute atomic E-state index is 5.56. The van der Waals surface area contributed by atoms with Crippen molar-refractivity contribution in [1.29, 1.82) is 0 Å². The van der Waals surface area contributed by atoms with Crippen LogP contribution in [0.3, 0.4) is 0 Å². The molecule has 1 aliphatic heterocycles. The van der Waals surface area contributed by atoms with Crippen molar-refractivity contribution in [2.24, 2.45) is 5.92 Å². The fourth-order valence-corrected chi connectivity index (χ4v) is 1.29. The topological polar surface area (TPSA) is 21.3 Å². The van der Waals surface area contributed by atoms with E-state index >= 15 is 0 Å². The summed E-state index contributed by atoms with van der Waals surface area (Å²) in [5.74, 6) is 1.57. The van der Waals surface area contributed by atoms with Crippen LogP contribution in [0.5, 0.6) is 0 Å². The Morgan fingerprint density at radius 3 is 2.62 bits per heavy atom. The molecule has 0 unspecified atom stereocenters. The fraction of sp³-hybridized carbons (Fsp3) is 0.636. The molecule has 0 radical (unpaired) electrons. The lowest BCUT2D eigenvalue weighted by Crippen LogP contribution is -2.21. The SMILES string of the molecule is CCCC1=C(C)NC(C(C)C)=CO1. The first-order valence-electron chi connectivity index (χ1n) is 4.98. The monoisotopic (exact) mass is 181 g/mol. The van der Waals surface area contributed by atoms with Crippen molar-refractivity contribution in [3.05, 3.63) is 23.4 Å². The average molecular weight is 181 g/mol. The third-order valence-corrected chi connectivity index (χ3v) is 2.18. The Morgan fingerprint density at radius 1 is 1.46 bits per heavy atom. The third-order valence-electron chi connectivity index (χ3n) is 2.18. The molecule has 0 saturated heterocycles. The second-order valence-corrected chi connectivity index (χ2v) is 3.77. The van der Waals surface area contributed by atoms with Crippen molar-refractivity contribution < 1.29 is 4.74 Å². The summed E-state index contributed by atoms with van der Waals surface area (Å²) in [6.45, 7) is 8.53. The van der Waals surface area contributed by atoms with E-state index in [1.807, 2.05) is 6.26 Å². The lowest BCUT2D eigenvalue weighted by Gasteiger charge is -2.22. The Balaban J connectivity index is 2.61. The van der Waals surface area contributed by atoms with E-state index in [0.717, 1.165) is 30.0 Å². The molecule has 1 heterocycles. The van der Waals surface area contributed by atoms with Crippen molar-refractivity contribution in [2.45, 2.75) is 40.5 Å². The Hall–Kier alpha value is -0.920. The van der Waals surface area contributed by atoms with E-state index in [1.165, 1.54) is 0 Å². The summed E-state index contributed by atoms with van der Waals surface area (Å²) in [7, 11) is 0. The predicted molar refractivity (Wildman–Crippen MR) is 54.7 cm³/mol. The van der Waals surface area contributed by atoms with Gasteiger partial charge in [0.05, 0.1) is 11.4 Å². The highest BCUT2D eigenvalue weighted by Gasteiger charge is 2.12. The highest BCUT2D eigenvalue weighted by Crippen LogP contribution is 2.20. The molecule has 2 heteroatoms. The van der Waals surface area contributed by atoms with E-state index in [4.69, 9.17) is 4.74 Å². The highest BCUT2D eigenvalue weighted by molar-refractivity contribution is 5.18. The Bertz CT molecular complexity index is 238. The average Bonchev–Trinajstić information content (AvgIpc) is 2.08. The van der Waals surface area contributed by atoms with E-state index in [1.54, 1.807) is 0 Å². The van der Waals surface area contributed by atoms with Crippen molar-refractivity contribution in [1.82, 2.24) is 5.32 Å². The second kappa shape index (κ2) is 4.35. The minimum absolute atomic E-state index is 0.498. The molecule has 2 nitrogen and oxygen atoms in total. The van der Waals surface area contributed by atoms with Gasteiger partial charge in [-0.15, -0.1) is 0 Å². The number of hydrogen-bond donors (Lipinski definition) is 1. The van der Waals surface area contributed by atoms with Crippen LogP contribution in [0.2, 0.25) is 0 Å². The second-order valence-electron chi connectivity index (χ2n) is 3.77. The van der Waals surface area contributed by atoms with Gasteiger partial charge in [-0.2, -0.15) is 0 Å². The van der Waals surface area contributed by atoms with Gasteiger partial charge in [0, 0.05) is 6.42 Å². The maximum atomic E-state index is 5.56. The van der Waals surface area contributed by atoms with E-state index in [9.17, 15) is 0 Å². The van der Waals surface area contributed by atoms with Crippen LogP contribution >= 0.6 is 0 Å². The normalized spacial score (nSPS) is 16.8. The Morgan fingerprint density at radius 2 is 2.15 bits per heavy atom. The maximum Gasteiger partial charge on any atom is 0.122 e. The van der Waals surface area contributed by atoms with Gasteiger partial charge in [0.25, 0.3) is 0 Å².